The van der Waals surface area contributed by atoms with E-state index < -0.39 is 6.10 Å². The number of carbonyl (C=O) groups is 1. The fourth-order valence-corrected chi connectivity index (χ4v) is 1.90. The molecule has 0 aromatic carbocycles. The van der Waals surface area contributed by atoms with E-state index in [1.807, 2.05) is 0 Å². The van der Waals surface area contributed by atoms with Crippen molar-refractivity contribution in [3.05, 3.63) is 0 Å². The highest BCUT2D eigenvalue weighted by Gasteiger charge is 2.36. The van der Waals surface area contributed by atoms with E-state index in [1.54, 1.807) is 0 Å². The standard InChI is InChI=1S/C9H16O4/c1-13-8-3-6(4-10)2-7(5-11)9(8)12/h4,6-9,11-12H,2-3,5H2,1H3. The van der Waals surface area contributed by atoms with E-state index in [2.05, 4.69) is 0 Å². The van der Waals surface area contributed by atoms with Crippen molar-refractivity contribution in [3.63, 3.8) is 0 Å². The van der Waals surface area contributed by atoms with Crippen LogP contribution in [0, 0.1) is 11.8 Å². The maximum absolute atomic E-state index is 10.6. The van der Waals surface area contributed by atoms with Crippen molar-refractivity contribution >= 4 is 6.29 Å². The van der Waals surface area contributed by atoms with E-state index in [4.69, 9.17) is 9.84 Å². The van der Waals surface area contributed by atoms with Gasteiger partial charge in [0.1, 0.15) is 6.29 Å². The lowest BCUT2D eigenvalue weighted by atomic mass is 9.78. The lowest BCUT2D eigenvalue weighted by Crippen LogP contribution is -2.43. The number of ether oxygens (including phenoxy) is 1. The Kier molecular flexibility index (Phi) is 3.84. The van der Waals surface area contributed by atoms with Crippen LogP contribution in [-0.2, 0) is 9.53 Å². The Bertz CT molecular complexity index is 157. The summed E-state index contributed by atoms with van der Waals surface area (Å²) in [6.45, 7) is -0.0919. The van der Waals surface area contributed by atoms with Gasteiger partial charge >= 0.3 is 0 Å². The number of aldehydes is 1. The van der Waals surface area contributed by atoms with E-state index in [1.165, 1.54) is 7.11 Å². The Balaban J connectivity index is 2.61. The number of aliphatic hydroxyl groups excluding tert-OH is 2. The molecular weight excluding hydrogens is 172 g/mol. The fraction of sp³-hybridized carbons (Fsp3) is 0.889. The summed E-state index contributed by atoms with van der Waals surface area (Å²) >= 11 is 0. The van der Waals surface area contributed by atoms with Gasteiger partial charge in [-0.05, 0) is 12.8 Å². The highest BCUT2D eigenvalue weighted by molar-refractivity contribution is 5.53. The van der Waals surface area contributed by atoms with Gasteiger partial charge in [0.05, 0.1) is 12.2 Å². The van der Waals surface area contributed by atoms with Crippen molar-refractivity contribution in [2.45, 2.75) is 25.0 Å². The van der Waals surface area contributed by atoms with Gasteiger partial charge in [-0.15, -0.1) is 0 Å². The minimum absolute atomic E-state index is 0.0919. The lowest BCUT2D eigenvalue weighted by molar-refractivity contribution is -0.123. The van der Waals surface area contributed by atoms with Gasteiger partial charge < -0.3 is 19.7 Å². The van der Waals surface area contributed by atoms with Crippen LogP contribution < -0.4 is 0 Å². The molecule has 13 heavy (non-hydrogen) atoms. The molecule has 1 rings (SSSR count). The average Bonchev–Trinajstić information content (AvgIpc) is 2.18. The molecule has 0 saturated heterocycles. The summed E-state index contributed by atoms with van der Waals surface area (Å²) in [7, 11) is 1.51. The summed E-state index contributed by atoms with van der Waals surface area (Å²) in [6, 6.07) is 0. The third-order valence-corrected chi connectivity index (χ3v) is 2.73. The molecule has 4 heteroatoms. The first kappa shape index (κ1) is 10.6. The van der Waals surface area contributed by atoms with Crippen LogP contribution in [0.25, 0.3) is 0 Å². The van der Waals surface area contributed by atoms with Crippen LogP contribution in [0.3, 0.4) is 0 Å². The summed E-state index contributed by atoms with van der Waals surface area (Å²) in [5, 5.41) is 18.6. The maximum Gasteiger partial charge on any atom is 0.123 e. The Morgan fingerprint density at radius 2 is 2.23 bits per heavy atom. The molecule has 1 fully saturated rings. The molecule has 0 spiro atoms. The molecule has 4 unspecified atom stereocenters. The van der Waals surface area contributed by atoms with Crippen LogP contribution in [-0.4, -0.2) is 42.4 Å². The van der Waals surface area contributed by atoms with Crippen molar-refractivity contribution in [3.8, 4) is 0 Å². The smallest absolute Gasteiger partial charge is 0.123 e. The molecule has 0 bridgehead atoms. The van der Waals surface area contributed by atoms with Gasteiger partial charge in [0, 0.05) is 25.6 Å². The Morgan fingerprint density at radius 3 is 2.69 bits per heavy atom. The monoisotopic (exact) mass is 188 g/mol. The van der Waals surface area contributed by atoms with Crippen LogP contribution in [0.5, 0.6) is 0 Å². The molecule has 0 radical (unpaired) electrons. The zero-order chi connectivity index (χ0) is 9.84. The number of hydrogen-bond donors (Lipinski definition) is 2. The largest absolute Gasteiger partial charge is 0.396 e. The van der Waals surface area contributed by atoms with E-state index in [9.17, 15) is 9.90 Å². The first-order valence-electron chi connectivity index (χ1n) is 4.50. The third kappa shape index (κ3) is 2.27. The molecule has 0 amide bonds. The van der Waals surface area contributed by atoms with Gasteiger partial charge in [-0.1, -0.05) is 0 Å². The number of methoxy groups -OCH3 is 1. The van der Waals surface area contributed by atoms with Crippen LogP contribution in [0.15, 0.2) is 0 Å². The van der Waals surface area contributed by atoms with Crippen molar-refractivity contribution < 1.29 is 19.7 Å². The molecule has 0 heterocycles. The predicted octanol–water partition coefficient (Wildman–Crippen LogP) is -0.420. The van der Waals surface area contributed by atoms with Crippen molar-refractivity contribution in [2.75, 3.05) is 13.7 Å². The minimum atomic E-state index is -0.647. The van der Waals surface area contributed by atoms with E-state index in [0.29, 0.717) is 12.8 Å². The molecule has 0 aromatic heterocycles. The second-order valence-electron chi connectivity index (χ2n) is 3.57. The molecule has 0 aromatic rings. The van der Waals surface area contributed by atoms with Crippen molar-refractivity contribution in [1.29, 1.82) is 0 Å². The highest BCUT2D eigenvalue weighted by atomic mass is 16.5. The molecule has 76 valence electrons. The molecule has 1 saturated carbocycles. The van der Waals surface area contributed by atoms with Crippen LogP contribution in [0.4, 0.5) is 0 Å². The normalized spacial score (nSPS) is 40.2. The molecule has 0 aliphatic heterocycles. The topological polar surface area (TPSA) is 66.8 Å². The summed E-state index contributed by atoms with van der Waals surface area (Å²) < 4.78 is 5.05. The van der Waals surface area contributed by atoms with Gasteiger partial charge in [-0.3, -0.25) is 0 Å². The first-order chi connectivity index (χ1) is 6.22. The van der Waals surface area contributed by atoms with E-state index >= 15 is 0 Å². The van der Waals surface area contributed by atoms with Crippen LogP contribution >= 0.6 is 0 Å². The highest BCUT2D eigenvalue weighted by Crippen LogP contribution is 2.29. The van der Waals surface area contributed by atoms with E-state index in [0.717, 1.165) is 6.29 Å². The second-order valence-corrected chi connectivity index (χ2v) is 3.57. The SMILES string of the molecule is COC1CC(C=O)CC(CO)C1O. The number of carbonyl (C=O) groups excluding carboxylic acids is 1. The zero-order valence-electron chi connectivity index (χ0n) is 7.72. The van der Waals surface area contributed by atoms with Crippen LogP contribution in [0.1, 0.15) is 12.8 Å². The summed E-state index contributed by atoms with van der Waals surface area (Å²) in [4.78, 5) is 10.6. The summed E-state index contributed by atoms with van der Waals surface area (Å²) in [6.07, 6.45) is 1.02. The number of rotatable bonds is 3. The molecule has 1 aliphatic carbocycles. The quantitative estimate of drug-likeness (QED) is 0.590. The second kappa shape index (κ2) is 4.69. The minimum Gasteiger partial charge on any atom is -0.396 e. The average molecular weight is 188 g/mol. The first-order valence-corrected chi connectivity index (χ1v) is 4.50. The van der Waals surface area contributed by atoms with Crippen LogP contribution in [0.2, 0.25) is 0 Å². The van der Waals surface area contributed by atoms with Gasteiger partial charge in [0.15, 0.2) is 0 Å². The van der Waals surface area contributed by atoms with Gasteiger partial charge in [0.2, 0.25) is 0 Å². The van der Waals surface area contributed by atoms with E-state index in [-0.39, 0.29) is 24.5 Å². The Morgan fingerprint density at radius 1 is 1.54 bits per heavy atom. The summed E-state index contributed by atoms with van der Waals surface area (Å²) in [5.74, 6) is -0.320. The molecule has 2 N–H and O–H groups in total. The number of hydrogen-bond acceptors (Lipinski definition) is 4. The molecular formula is C9H16O4. The molecule has 4 atom stereocenters. The van der Waals surface area contributed by atoms with Gasteiger partial charge in [-0.25, -0.2) is 0 Å². The molecule has 1 aliphatic rings. The van der Waals surface area contributed by atoms with Gasteiger partial charge in [0.25, 0.3) is 0 Å². The van der Waals surface area contributed by atoms with Gasteiger partial charge in [-0.2, -0.15) is 0 Å². The lowest BCUT2D eigenvalue weighted by Gasteiger charge is -2.35. The van der Waals surface area contributed by atoms with Crippen molar-refractivity contribution in [2.24, 2.45) is 11.8 Å². The third-order valence-electron chi connectivity index (χ3n) is 2.73. The maximum atomic E-state index is 10.6. The Hall–Kier alpha value is -0.450. The predicted molar refractivity (Wildman–Crippen MR) is 46.2 cm³/mol. The fourth-order valence-electron chi connectivity index (χ4n) is 1.90. The molecule has 4 nitrogen and oxygen atoms in total. The number of aliphatic hydroxyl groups is 2. The zero-order valence-corrected chi connectivity index (χ0v) is 7.72. The Labute approximate surface area is 77.5 Å². The van der Waals surface area contributed by atoms with Crippen molar-refractivity contribution in [1.82, 2.24) is 0 Å². The summed E-state index contributed by atoms with van der Waals surface area (Å²) in [5.41, 5.74) is 0.